The van der Waals surface area contributed by atoms with E-state index in [2.05, 4.69) is 29.1 Å². The molecule has 0 saturated carbocycles. The van der Waals surface area contributed by atoms with E-state index in [4.69, 9.17) is 4.74 Å². The Hall–Kier alpha value is -1.36. The number of likely N-dealkylation sites (N-methyl/N-ethyl adjacent to an activating group) is 1. The van der Waals surface area contributed by atoms with Gasteiger partial charge in [0.1, 0.15) is 6.10 Å². The molecule has 0 unspecified atom stereocenters. The number of ether oxygens (including phenoxy) is 1. The van der Waals surface area contributed by atoms with E-state index in [-0.39, 0.29) is 12.1 Å². The molecule has 2 heterocycles. The lowest BCUT2D eigenvalue weighted by Crippen LogP contribution is -2.30. The molecule has 0 spiro atoms. The van der Waals surface area contributed by atoms with E-state index in [1.165, 1.54) is 11.3 Å². The fraction of sp³-hybridized carbons (Fsp3) is 0.714. The minimum atomic E-state index is -0.0527. The minimum Gasteiger partial charge on any atom is -0.461 e. The van der Waals surface area contributed by atoms with Crippen molar-refractivity contribution >= 4 is 5.97 Å². The van der Waals surface area contributed by atoms with Gasteiger partial charge in [-0.15, -0.1) is 0 Å². The van der Waals surface area contributed by atoms with Crippen molar-refractivity contribution in [3.05, 3.63) is 17.0 Å². The van der Waals surface area contributed by atoms with Gasteiger partial charge in [-0.3, -0.25) is 9.89 Å². The van der Waals surface area contributed by atoms with Crippen molar-refractivity contribution < 1.29 is 9.53 Å². The summed E-state index contributed by atoms with van der Waals surface area (Å²) in [5, 5.41) is 7.23. The van der Waals surface area contributed by atoms with Gasteiger partial charge < -0.3 is 9.64 Å². The van der Waals surface area contributed by atoms with Crippen LogP contribution in [-0.4, -0.2) is 47.3 Å². The Morgan fingerprint density at radius 3 is 2.84 bits per heavy atom. The molecule has 1 atom stereocenters. The molecule has 1 aliphatic heterocycles. The third kappa shape index (κ3) is 3.80. The van der Waals surface area contributed by atoms with Gasteiger partial charge in [-0.05, 0) is 52.3 Å². The molecule has 106 valence electrons. The number of nitrogens with one attached hydrogen (secondary N) is 1. The maximum Gasteiger partial charge on any atom is 0.306 e. The lowest BCUT2D eigenvalue weighted by Gasteiger charge is -2.19. The molecule has 1 fully saturated rings. The molecule has 5 nitrogen and oxygen atoms in total. The van der Waals surface area contributed by atoms with Crippen LogP contribution in [-0.2, 0) is 16.0 Å². The van der Waals surface area contributed by atoms with E-state index in [1.807, 2.05) is 6.92 Å². The Morgan fingerprint density at radius 1 is 1.47 bits per heavy atom. The van der Waals surface area contributed by atoms with Gasteiger partial charge in [0, 0.05) is 18.7 Å². The highest BCUT2D eigenvalue weighted by atomic mass is 16.5. The first-order chi connectivity index (χ1) is 9.06. The number of aromatic amines is 1. The predicted octanol–water partition coefficient (Wildman–Crippen LogP) is 1.60. The number of aryl methyl sites for hydroxylation is 2. The normalized spacial score (nSPS) is 19.2. The van der Waals surface area contributed by atoms with E-state index >= 15 is 0 Å². The van der Waals surface area contributed by atoms with E-state index in [0.29, 0.717) is 6.42 Å². The fourth-order valence-corrected chi connectivity index (χ4v) is 2.62. The Kier molecular flexibility index (Phi) is 4.58. The number of esters is 1. The third-order valence-corrected chi connectivity index (χ3v) is 3.73. The first kappa shape index (κ1) is 14.1. The second-order valence-electron chi connectivity index (χ2n) is 5.43. The Labute approximate surface area is 114 Å². The number of carbonyl (C=O) groups is 1. The summed E-state index contributed by atoms with van der Waals surface area (Å²) in [5.74, 6) is -0.0527. The Bertz CT molecular complexity index is 422. The maximum atomic E-state index is 11.0. The van der Waals surface area contributed by atoms with Crippen molar-refractivity contribution in [3.63, 3.8) is 0 Å². The molecule has 5 heteroatoms. The summed E-state index contributed by atoms with van der Waals surface area (Å²) < 4.78 is 5.23. The van der Waals surface area contributed by atoms with Gasteiger partial charge >= 0.3 is 5.97 Å². The van der Waals surface area contributed by atoms with E-state index < -0.39 is 0 Å². The van der Waals surface area contributed by atoms with Crippen LogP contribution in [0.4, 0.5) is 0 Å². The summed E-state index contributed by atoms with van der Waals surface area (Å²) >= 11 is 0. The predicted molar refractivity (Wildman–Crippen MR) is 73.0 cm³/mol. The quantitative estimate of drug-likeness (QED) is 0.794. The standard InChI is InChI=1S/C14H23N3O2/c1-10-13(11(2)16-15-10)5-4-8-17(3)9-12-6-7-14(18)19-12/h12H,4-9H2,1-3H3,(H,15,16)/t12-/m0/s1. The highest BCUT2D eigenvalue weighted by Gasteiger charge is 2.24. The van der Waals surface area contributed by atoms with E-state index in [1.54, 1.807) is 0 Å². The molecule has 1 aromatic rings. The number of hydrogen-bond acceptors (Lipinski definition) is 4. The Morgan fingerprint density at radius 2 is 2.26 bits per heavy atom. The first-order valence-electron chi connectivity index (χ1n) is 6.94. The van der Waals surface area contributed by atoms with Crippen LogP contribution in [0.3, 0.4) is 0 Å². The van der Waals surface area contributed by atoms with Gasteiger partial charge in [0.15, 0.2) is 0 Å². The van der Waals surface area contributed by atoms with Crippen LogP contribution in [0.1, 0.15) is 36.2 Å². The van der Waals surface area contributed by atoms with Crippen LogP contribution in [0.25, 0.3) is 0 Å². The number of carbonyl (C=O) groups excluding carboxylic acids is 1. The molecule has 0 aromatic carbocycles. The van der Waals surface area contributed by atoms with Gasteiger partial charge in [0.2, 0.25) is 0 Å². The molecular formula is C14H23N3O2. The summed E-state index contributed by atoms with van der Waals surface area (Å²) in [6.45, 7) is 5.96. The Balaban J connectivity index is 1.69. The molecule has 1 aromatic heterocycles. The van der Waals surface area contributed by atoms with Gasteiger partial charge in [0.05, 0.1) is 5.69 Å². The van der Waals surface area contributed by atoms with Crippen molar-refractivity contribution in [1.82, 2.24) is 15.1 Å². The highest BCUT2D eigenvalue weighted by Crippen LogP contribution is 2.15. The molecule has 19 heavy (non-hydrogen) atoms. The van der Waals surface area contributed by atoms with Gasteiger partial charge in [-0.25, -0.2) is 0 Å². The van der Waals surface area contributed by atoms with E-state index in [9.17, 15) is 4.79 Å². The smallest absolute Gasteiger partial charge is 0.306 e. The summed E-state index contributed by atoms with van der Waals surface area (Å²) in [4.78, 5) is 13.3. The lowest BCUT2D eigenvalue weighted by atomic mass is 10.1. The number of aromatic nitrogens is 2. The van der Waals surface area contributed by atoms with Crippen LogP contribution in [0.2, 0.25) is 0 Å². The van der Waals surface area contributed by atoms with Crippen molar-refractivity contribution in [3.8, 4) is 0 Å². The number of H-pyrrole nitrogens is 1. The molecule has 0 bridgehead atoms. The van der Waals surface area contributed by atoms with Crippen LogP contribution in [0.15, 0.2) is 0 Å². The van der Waals surface area contributed by atoms with E-state index in [0.717, 1.165) is 38.0 Å². The van der Waals surface area contributed by atoms with Crippen LogP contribution in [0, 0.1) is 13.8 Å². The topological polar surface area (TPSA) is 58.2 Å². The number of nitrogens with zero attached hydrogens (tertiary/aromatic N) is 2. The van der Waals surface area contributed by atoms with Crippen LogP contribution < -0.4 is 0 Å². The highest BCUT2D eigenvalue weighted by molar-refractivity contribution is 5.71. The van der Waals surface area contributed by atoms with Crippen molar-refractivity contribution in [2.24, 2.45) is 0 Å². The fourth-order valence-electron chi connectivity index (χ4n) is 2.62. The SMILES string of the molecule is Cc1n[nH]c(C)c1CCCN(C)C[C@@H]1CCC(=O)O1. The van der Waals surface area contributed by atoms with Crippen molar-refractivity contribution in [2.45, 2.75) is 45.6 Å². The maximum absolute atomic E-state index is 11.0. The second-order valence-corrected chi connectivity index (χ2v) is 5.43. The zero-order valence-corrected chi connectivity index (χ0v) is 12.0. The van der Waals surface area contributed by atoms with Gasteiger partial charge in [0.25, 0.3) is 0 Å². The molecule has 1 N–H and O–H groups in total. The largest absolute Gasteiger partial charge is 0.461 e. The molecule has 1 saturated heterocycles. The average Bonchev–Trinajstić information content (AvgIpc) is 2.89. The molecule has 1 aliphatic rings. The van der Waals surface area contributed by atoms with Crippen molar-refractivity contribution in [2.75, 3.05) is 20.1 Å². The first-order valence-corrected chi connectivity index (χ1v) is 6.94. The number of hydrogen-bond donors (Lipinski definition) is 1. The lowest BCUT2D eigenvalue weighted by molar-refractivity contribution is -0.141. The summed E-state index contributed by atoms with van der Waals surface area (Å²) in [7, 11) is 2.08. The number of cyclic esters (lactones) is 1. The average molecular weight is 265 g/mol. The summed E-state index contributed by atoms with van der Waals surface area (Å²) in [5.41, 5.74) is 3.61. The number of rotatable bonds is 6. The molecule has 0 aliphatic carbocycles. The van der Waals surface area contributed by atoms with Gasteiger partial charge in [-0.1, -0.05) is 0 Å². The molecule has 0 amide bonds. The molecule has 2 rings (SSSR count). The van der Waals surface area contributed by atoms with Crippen LogP contribution in [0.5, 0.6) is 0 Å². The second kappa shape index (κ2) is 6.19. The molecular weight excluding hydrogens is 242 g/mol. The minimum absolute atomic E-state index is 0.0527. The zero-order chi connectivity index (χ0) is 13.8. The van der Waals surface area contributed by atoms with Crippen molar-refractivity contribution in [1.29, 1.82) is 0 Å². The summed E-state index contributed by atoms with van der Waals surface area (Å²) in [6, 6.07) is 0. The van der Waals surface area contributed by atoms with Gasteiger partial charge in [-0.2, -0.15) is 5.10 Å². The van der Waals surface area contributed by atoms with Crippen LogP contribution >= 0.6 is 0 Å². The summed E-state index contributed by atoms with van der Waals surface area (Å²) in [6.07, 6.45) is 3.67. The monoisotopic (exact) mass is 265 g/mol. The molecule has 0 radical (unpaired) electrons. The zero-order valence-electron chi connectivity index (χ0n) is 12.0. The third-order valence-electron chi connectivity index (χ3n) is 3.73.